The molecular weight excluding hydrogens is 622 g/mol. The summed E-state index contributed by atoms with van der Waals surface area (Å²) in [5.74, 6) is 0.0630. The number of carbonyl (C=O) groups is 2. The number of nitrogens with zero attached hydrogens (tertiary/aromatic N) is 2. The van der Waals surface area contributed by atoms with Crippen molar-refractivity contribution < 1.29 is 27.5 Å². The molecule has 3 rings (SSSR count). The molecule has 0 saturated heterocycles. The molecule has 0 unspecified atom stereocenters. The highest BCUT2D eigenvalue weighted by Crippen LogP contribution is 2.34. The zero-order valence-corrected chi connectivity index (χ0v) is 27.2. The average Bonchev–Trinajstić information content (AvgIpc) is 2.97. The maximum atomic E-state index is 14.1. The van der Waals surface area contributed by atoms with E-state index in [9.17, 15) is 18.0 Å². The number of benzene rings is 3. The summed E-state index contributed by atoms with van der Waals surface area (Å²) in [6.45, 7) is 7.46. The molecule has 11 heteroatoms. The highest BCUT2D eigenvalue weighted by atomic mass is 79.9. The van der Waals surface area contributed by atoms with Gasteiger partial charge < -0.3 is 19.7 Å². The minimum atomic E-state index is -4.21. The van der Waals surface area contributed by atoms with E-state index >= 15 is 0 Å². The third-order valence-electron chi connectivity index (χ3n) is 6.66. The number of sulfonamides is 1. The monoisotopic (exact) mass is 659 g/mol. The predicted molar refractivity (Wildman–Crippen MR) is 167 cm³/mol. The Kier molecular flexibility index (Phi) is 11.4. The van der Waals surface area contributed by atoms with E-state index in [2.05, 4.69) is 21.2 Å². The molecule has 2 amide bonds. The fourth-order valence-corrected chi connectivity index (χ4v) is 5.84. The van der Waals surface area contributed by atoms with Crippen LogP contribution >= 0.6 is 15.9 Å². The van der Waals surface area contributed by atoms with Gasteiger partial charge in [0.2, 0.25) is 11.8 Å². The second kappa shape index (κ2) is 14.6. The van der Waals surface area contributed by atoms with Gasteiger partial charge in [-0.05, 0) is 61.7 Å². The summed E-state index contributed by atoms with van der Waals surface area (Å²) in [7, 11) is -1.28. The van der Waals surface area contributed by atoms with Gasteiger partial charge in [0.05, 0.1) is 24.8 Å². The lowest BCUT2D eigenvalue weighted by Crippen LogP contribution is -2.51. The Labute approximate surface area is 257 Å². The van der Waals surface area contributed by atoms with Crippen molar-refractivity contribution in [1.82, 2.24) is 10.2 Å². The van der Waals surface area contributed by atoms with Crippen LogP contribution in [-0.4, -0.2) is 58.5 Å². The summed E-state index contributed by atoms with van der Waals surface area (Å²) in [4.78, 5) is 28.6. The highest BCUT2D eigenvalue weighted by Gasteiger charge is 2.33. The summed E-state index contributed by atoms with van der Waals surface area (Å²) < 4.78 is 40.7. The van der Waals surface area contributed by atoms with Gasteiger partial charge in [0.15, 0.2) is 11.5 Å². The molecule has 0 saturated carbocycles. The number of aryl methyl sites for hydroxylation is 1. The smallest absolute Gasteiger partial charge is 0.264 e. The van der Waals surface area contributed by atoms with E-state index in [1.54, 1.807) is 31.2 Å². The van der Waals surface area contributed by atoms with Gasteiger partial charge in [-0.2, -0.15) is 0 Å². The Balaban J connectivity index is 2.07. The molecule has 0 aliphatic carbocycles. The number of halogens is 1. The third kappa shape index (κ3) is 8.25. The first kappa shape index (κ1) is 32.9. The fraction of sp³-hybridized carbons (Fsp3) is 0.355. The van der Waals surface area contributed by atoms with Crippen LogP contribution in [0.1, 0.15) is 31.9 Å². The Hall–Kier alpha value is -3.57. The van der Waals surface area contributed by atoms with Gasteiger partial charge in [0, 0.05) is 23.6 Å². The molecular formula is C31H38BrN3O6S. The van der Waals surface area contributed by atoms with Gasteiger partial charge in [0.25, 0.3) is 10.0 Å². The second-order valence-corrected chi connectivity index (χ2v) is 13.1. The van der Waals surface area contributed by atoms with Crippen LogP contribution in [0, 0.1) is 12.8 Å². The highest BCUT2D eigenvalue weighted by molar-refractivity contribution is 9.10. The van der Waals surface area contributed by atoms with Gasteiger partial charge in [0.1, 0.15) is 12.6 Å². The van der Waals surface area contributed by atoms with Crippen LogP contribution in [-0.2, 0) is 26.2 Å². The van der Waals surface area contributed by atoms with Crippen molar-refractivity contribution >= 4 is 43.5 Å². The lowest BCUT2D eigenvalue weighted by Gasteiger charge is -2.32. The van der Waals surface area contributed by atoms with E-state index in [4.69, 9.17) is 9.47 Å². The molecule has 1 atom stereocenters. The first-order valence-corrected chi connectivity index (χ1v) is 15.7. The molecule has 0 spiro atoms. The SMILES string of the molecule is COc1ccc(N(CC(=O)N(Cc2ccc(Br)cc2)[C@@H](C)C(=O)NCC(C)C)S(=O)(=O)c2ccc(C)cc2)cc1OC. The van der Waals surface area contributed by atoms with E-state index < -0.39 is 28.5 Å². The standard InChI is InChI=1S/C31H38BrN3O6S/c1-21(2)18-33-31(37)23(4)34(19-24-9-11-25(32)12-10-24)30(36)20-35(26-13-16-28(40-5)29(17-26)41-6)42(38,39)27-14-7-22(3)8-15-27/h7-17,21,23H,18-20H2,1-6H3,(H,33,37)/t23-/m0/s1. The quantitative estimate of drug-likeness (QED) is 0.272. The number of ether oxygens (including phenoxy) is 2. The molecule has 0 aliphatic heterocycles. The van der Waals surface area contributed by atoms with Crippen molar-refractivity contribution in [2.75, 3.05) is 31.6 Å². The Morgan fingerprint density at radius 3 is 2.10 bits per heavy atom. The average molecular weight is 661 g/mol. The molecule has 42 heavy (non-hydrogen) atoms. The number of rotatable bonds is 13. The molecule has 0 fully saturated rings. The van der Waals surface area contributed by atoms with E-state index in [-0.39, 0.29) is 29.0 Å². The number of methoxy groups -OCH3 is 2. The first-order chi connectivity index (χ1) is 19.9. The molecule has 0 bridgehead atoms. The summed E-state index contributed by atoms with van der Waals surface area (Å²) in [5, 5.41) is 2.88. The van der Waals surface area contributed by atoms with Gasteiger partial charge in [-0.3, -0.25) is 13.9 Å². The number of hydrogen-bond acceptors (Lipinski definition) is 6. The number of nitrogens with one attached hydrogen (secondary N) is 1. The van der Waals surface area contributed by atoms with Crippen molar-refractivity contribution in [2.45, 2.75) is 45.2 Å². The lowest BCUT2D eigenvalue weighted by molar-refractivity contribution is -0.139. The Morgan fingerprint density at radius 1 is 0.905 bits per heavy atom. The molecule has 3 aromatic rings. The second-order valence-electron chi connectivity index (χ2n) is 10.3. The zero-order chi connectivity index (χ0) is 31.0. The van der Waals surface area contributed by atoms with Crippen molar-refractivity contribution in [3.8, 4) is 11.5 Å². The van der Waals surface area contributed by atoms with Gasteiger partial charge in [-0.25, -0.2) is 8.42 Å². The van der Waals surface area contributed by atoms with Crippen molar-refractivity contribution in [1.29, 1.82) is 0 Å². The maximum Gasteiger partial charge on any atom is 0.264 e. The van der Waals surface area contributed by atoms with Crippen molar-refractivity contribution in [3.05, 3.63) is 82.3 Å². The predicted octanol–water partition coefficient (Wildman–Crippen LogP) is 5.16. The summed E-state index contributed by atoms with van der Waals surface area (Å²) >= 11 is 3.42. The van der Waals surface area contributed by atoms with Crippen molar-refractivity contribution in [2.24, 2.45) is 5.92 Å². The van der Waals surface area contributed by atoms with E-state index in [1.165, 1.54) is 37.3 Å². The van der Waals surface area contributed by atoms with Gasteiger partial charge in [-0.15, -0.1) is 0 Å². The largest absolute Gasteiger partial charge is 0.493 e. The molecule has 0 aliphatic rings. The van der Waals surface area contributed by atoms with Gasteiger partial charge >= 0.3 is 0 Å². The minimum absolute atomic E-state index is 0.0258. The van der Waals surface area contributed by atoms with E-state index in [1.807, 2.05) is 45.0 Å². The minimum Gasteiger partial charge on any atom is -0.493 e. The summed E-state index contributed by atoms with van der Waals surface area (Å²) in [6, 6.07) is 17.6. The van der Waals surface area contributed by atoms with E-state index in [0.717, 1.165) is 19.9 Å². The normalized spacial score (nSPS) is 12.0. The molecule has 0 aromatic heterocycles. The topological polar surface area (TPSA) is 105 Å². The van der Waals surface area contributed by atoms with Crippen LogP contribution < -0.4 is 19.1 Å². The van der Waals surface area contributed by atoms with Crippen LogP contribution in [0.4, 0.5) is 5.69 Å². The number of hydrogen-bond donors (Lipinski definition) is 1. The van der Waals surface area contributed by atoms with Crippen LogP contribution in [0.25, 0.3) is 0 Å². The first-order valence-electron chi connectivity index (χ1n) is 13.5. The van der Waals surface area contributed by atoms with Crippen LogP contribution in [0.2, 0.25) is 0 Å². The summed E-state index contributed by atoms with van der Waals surface area (Å²) in [6.07, 6.45) is 0. The van der Waals surface area contributed by atoms with Crippen LogP contribution in [0.3, 0.4) is 0 Å². The Bertz CT molecular complexity index is 1480. The van der Waals surface area contributed by atoms with Crippen LogP contribution in [0.5, 0.6) is 11.5 Å². The van der Waals surface area contributed by atoms with Crippen molar-refractivity contribution in [3.63, 3.8) is 0 Å². The number of amides is 2. The van der Waals surface area contributed by atoms with Crippen LogP contribution in [0.15, 0.2) is 76.1 Å². The number of anilines is 1. The number of carbonyl (C=O) groups excluding carboxylic acids is 2. The molecule has 0 radical (unpaired) electrons. The molecule has 9 nitrogen and oxygen atoms in total. The molecule has 1 N–H and O–H groups in total. The molecule has 3 aromatic carbocycles. The fourth-order valence-electron chi connectivity index (χ4n) is 4.17. The Morgan fingerprint density at radius 2 is 1.52 bits per heavy atom. The third-order valence-corrected chi connectivity index (χ3v) is 8.98. The van der Waals surface area contributed by atoms with E-state index in [0.29, 0.717) is 18.0 Å². The van der Waals surface area contributed by atoms with Gasteiger partial charge in [-0.1, -0.05) is 59.6 Å². The maximum absolute atomic E-state index is 14.1. The molecule has 226 valence electrons. The lowest BCUT2D eigenvalue weighted by atomic mass is 10.1. The zero-order valence-electron chi connectivity index (χ0n) is 24.8. The molecule has 0 heterocycles. The summed E-state index contributed by atoms with van der Waals surface area (Å²) in [5.41, 5.74) is 1.89.